The molecular weight excluding hydrogens is 301 g/mol. The van der Waals surface area contributed by atoms with E-state index in [9.17, 15) is 9.18 Å². The van der Waals surface area contributed by atoms with Crippen LogP contribution in [0.2, 0.25) is 0 Å². The van der Waals surface area contributed by atoms with Crippen molar-refractivity contribution in [2.75, 3.05) is 18.9 Å². The maximum absolute atomic E-state index is 13.2. The van der Waals surface area contributed by atoms with Gasteiger partial charge in [0, 0.05) is 31.7 Å². The van der Waals surface area contributed by atoms with Crippen LogP contribution in [0.4, 0.5) is 15.9 Å². The van der Waals surface area contributed by atoms with E-state index < -0.39 is 11.7 Å². The standard InChI is InChI=1S/C14H14FN7O/c1-21-5-2-6-22(21)20-14(23)12-13(18-4-3-17-12)19-11-7-10(15)8-16-9-11/h2-5,7-9H,6H2,1H3,(H,18,19)(H,20,23). The third-order valence-electron chi connectivity index (χ3n) is 3.09. The summed E-state index contributed by atoms with van der Waals surface area (Å²) in [6.45, 7) is 0.555. The summed E-state index contributed by atoms with van der Waals surface area (Å²) in [4.78, 5) is 24.3. The van der Waals surface area contributed by atoms with E-state index in [1.165, 1.54) is 24.7 Å². The molecule has 1 aliphatic rings. The van der Waals surface area contributed by atoms with Crippen LogP contribution in [0.15, 0.2) is 43.1 Å². The number of carbonyl (C=O) groups excluding carboxylic acids is 1. The van der Waals surface area contributed by atoms with Crippen LogP contribution < -0.4 is 10.7 Å². The molecule has 1 aliphatic heterocycles. The Morgan fingerprint density at radius 1 is 1.30 bits per heavy atom. The monoisotopic (exact) mass is 315 g/mol. The molecular formula is C14H14FN7O. The Balaban J connectivity index is 1.78. The Labute approximate surface area is 131 Å². The SMILES string of the molecule is CN1C=CCN1NC(=O)c1nccnc1Nc1cncc(F)c1. The molecule has 0 aromatic carbocycles. The molecule has 0 aliphatic carbocycles. The van der Waals surface area contributed by atoms with Gasteiger partial charge in [0.15, 0.2) is 11.5 Å². The number of carbonyl (C=O) groups is 1. The summed E-state index contributed by atoms with van der Waals surface area (Å²) in [5.74, 6) is -0.706. The van der Waals surface area contributed by atoms with E-state index in [1.54, 1.807) is 17.2 Å². The predicted octanol–water partition coefficient (Wildman–Crippen LogP) is 1.08. The van der Waals surface area contributed by atoms with Gasteiger partial charge in [-0.15, -0.1) is 5.12 Å². The summed E-state index contributed by atoms with van der Waals surface area (Å²) in [6.07, 6.45) is 9.09. The average molecular weight is 315 g/mol. The Hall–Kier alpha value is -3.07. The molecule has 2 aromatic heterocycles. The molecule has 2 aromatic rings. The summed E-state index contributed by atoms with van der Waals surface area (Å²) in [5, 5.41) is 6.20. The normalized spacial score (nSPS) is 14.1. The fourth-order valence-electron chi connectivity index (χ4n) is 2.02. The highest BCUT2D eigenvalue weighted by Gasteiger charge is 2.20. The third kappa shape index (κ3) is 3.40. The molecule has 3 rings (SSSR count). The first-order chi connectivity index (χ1) is 11.1. The number of nitrogens with zero attached hydrogens (tertiary/aromatic N) is 5. The van der Waals surface area contributed by atoms with Gasteiger partial charge in [-0.3, -0.25) is 20.2 Å². The van der Waals surface area contributed by atoms with Crippen molar-refractivity contribution in [3.8, 4) is 0 Å². The van der Waals surface area contributed by atoms with Gasteiger partial charge in [-0.25, -0.2) is 14.4 Å². The van der Waals surface area contributed by atoms with Crippen LogP contribution in [0.3, 0.4) is 0 Å². The molecule has 9 heteroatoms. The van der Waals surface area contributed by atoms with Gasteiger partial charge < -0.3 is 5.32 Å². The van der Waals surface area contributed by atoms with Crippen molar-refractivity contribution in [3.63, 3.8) is 0 Å². The van der Waals surface area contributed by atoms with Crippen LogP contribution >= 0.6 is 0 Å². The van der Waals surface area contributed by atoms with Crippen LogP contribution in [0, 0.1) is 5.82 Å². The predicted molar refractivity (Wildman–Crippen MR) is 80.6 cm³/mol. The molecule has 0 saturated heterocycles. The van der Waals surface area contributed by atoms with Crippen LogP contribution in [0.25, 0.3) is 0 Å². The van der Waals surface area contributed by atoms with Gasteiger partial charge in [0.1, 0.15) is 5.82 Å². The van der Waals surface area contributed by atoms with Gasteiger partial charge in [-0.05, 0) is 6.08 Å². The van der Waals surface area contributed by atoms with Crippen molar-refractivity contribution in [2.45, 2.75) is 0 Å². The number of hydrazine groups is 2. The van der Waals surface area contributed by atoms with Gasteiger partial charge in [0.2, 0.25) is 0 Å². The number of amides is 1. The summed E-state index contributed by atoms with van der Waals surface area (Å²) < 4.78 is 13.2. The van der Waals surface area contributed by atoms with Crippen molar-refractivity contribution in [1.29, 1.82) is 0 Å². The van der Waals surface area contributed by atoms with Gasteiger partial charge >= 0.3 is 0 Å². The first-order valence-corrected chi connectivity index (χ1v) is 6.80. The van der Waals surface area contributed by atoms with Gasteiger partial charge in [-0.2, -0.15) is 0 Å². The molecule has 0 atom stereocenters. The highest BCUT2D eigenvalue weighted by atomic mass is 19.1. The topological polar surface area (TPSA) is 86.3 Å². The molecule has 0 unspecified atom stereocenters. The molecule has 8 nitrogen and oxygen atoms in total. The zero-order valence-corrected chi connectivity index (χ0v) is 12.3. The van der Waals surface area contributed by atoms with Crippen molar-refractivity contribution in [1.82, 2.24) is 30.5 Å². The molecule has 23 heavy (non-hydrogen) atoms. The number of aromatic nitrogens is 3. The second-order valence-electron chi connectivity index (χ2n) is 4.75. The summed E-state index contributed by atoms with van der Waals surface area (Å²) >= 11 is 0. The lowest BCUT2D eigenvalue weighted by atomic mass is 10.3. The molecule has 0 fully saturated rings. The number of halogens is 1. The van der Waals surface area contributed by atoms with Crippen molar-refractivity contribution >= 4 is 17.4 Å². The lowest BCUT2D eigenvalue weighted by Crippen LogP contribution is -2.47. The van der Waals surface area contributed by atoms with Gasteiger partial charge in [-0.1, -0.05) is 0 Å². The van der Waals surface area contributed by atoms with Crippen molar-refractivity contribution < 1.29 is 9.18 Å². The number of pyridine rings is 1. The molecule has 3 heterocycles. The number of anilines is 2. The highest BCUT2D eigenvalue weighted by Crippen LogP contribution is 2.17. The van der Waals surface area contributed by atoms with Crippen molar-refractivity contribution in [3.05, 3.63) is 54.6 Å². The van der Waals surface area contributed by atoms with E-state index in [-0.39, 0.29) is 11.5 Å². The number of hydrogen-bond acceptors (Lipinski definition) is 7. The Morgan fingerprint density at radius 3 is 2.87 bits per heavy atom. The first-order valence-electron chi connectivity index (χ1n) is 6.80. The van der Waals surface area contributed by atoms with Crippen LogP contribution in [0.5, 0.6) is 0 Å². The van der Waals surface area contributed by atoms with Crippen molar-refractivity contribution in [2.24, 2.45) is 0 Å². The molecule has 0 radical (unpaired) electrons. The highest BCUT2D eigenvalue weighted by molar-refractivity contribution is 5.97. The Bertz CT molecular complexity index is 751. The van der Waals surface area contributed by atoms with E-state index >= 15 is 0 Å². The Kier molecular flexibility index (Phi) is 4.11. The second kappa shape index (κ2) is 6.36. The van der Waals surface area contributed by atoms with Crippen LogP contribution in [-0.4, -0.2) is 44.6 Å². The Morgan fingerprint density at radius 2 is 2.13 bits per heavy atom. The van der Waals surface area contributed by atoms with Crippen LogP contribution in [-0.2, 0) is 0 Å². The maximum atomic E-state index is 13.2. The van der Waals surface area contributed by atoms with E-state index in [4.69, 9.17) is 0 Å². The lowest BCUT2D eigenvalue weighted by Gasteiger charge is -2.25. The summed E-state index contributed by atoms with van der Waals surface area (Å²) in [7, 11) is 1.80. The molecule has 0 saturated carbocycles. The number of rotatable bonds is 4. The second-order valence-corrected chi connectivity index (χ2v) is 4.75. The summed E-state index contributed by atoms with van der Waals surface area (Å²) in [6, 6.07) is 1.25. The zero-order chi connectivity index (χ0) is 16.2. The maximum Gasteiger partial charge on any atom is 0.289 e. The minimum atomic E-state index is -0.491. The molecule has 1 amide bonds. The molecule has 0 spiro atoms. The third-order valence-corrected chi connectivity index (χ3v) is 3.09. The average Bonchev–Trinajstić information content (AvgIpc) is 2.93. The minimum absolute atomic E-state index is 0.0945. The fraction of sp³-hybridized carbons (Fsp3) is 0.143. The summed E-state index contributed by atoms with van der Waals surface area (Å²) in [5.41, 5.74) is 3.18. The zero-order valence-electron chi connectivity index (χ0n) is 12.3. The number of nitrogens with one attached hydrogen (secondary N) is 2. The lowest BCUT2D eigenvalue weighted by molar-refractivity contribution is 0.0186. The van der Waals surface area contributed by atoms with Gasteiger partial charge in [0.25, 0.3) is 5.91 Å². The van der Waals surface area contributed by atoms with E-state index in [0.29, 0.717) is 12.2 Å². The van der Waals surface area contributed by atoms with E-state index in [0.717, 1.165) is 6.20 Å². The molecule has 118 valence electrons. The fourth-order valence-corrected chi connectivity index (χ4v) is 2.02. The van der Waals surface area contributed by atoms with Crippen LogP contribution in [0.1, 0.15) is 10.5 Å². The number of hydrogen-bond donors (Lipinski definition) is 2. The smallest absolute Gasteiger partial charge is 0.289 e. The first kappa shape index (κ1) is 14.9. The largest absolute Gasteiger partial charge is 0.337 e. The quantitative estimate of drug-likeness (QED) is 0.873. The van der Waals surface area contributed by atoms with E-state index in [2.05, 4.69) is 25.7 Å². The van der Waals surface area contributed by atoms with Gasteiger partial charge in [0.05, 0.1) is 24.6 Å². The molecule has 0 bridgehead atoms. The molecule has 2 N–H and O–H groups in total. The van der Waals surface area contributed by atoms with E-state index in [1.807, 2.05) is 12.3 Å². The minimum Gasteiger partial charge on any atom is -0.337 e.